The smallest absolute Gasteiger partial charge is 0.369 e. The van der Waals surface area contributed by atoms with E-state index in [4.69, 9.17) is 17.3 Å². The second-order valence-corrected chi connectivity index (χ2v) is 10.1. The monoisotopic (exact) mass is 601 g/mol. The quantitative estimate of drug-likeness (QED) is 0.308. The molecule has 42 heavy (non-hydrogen) atoms. The van der Waals surface area contributed by atoms with E-state index >= 15 is 0 Å². The average Bonchev–Trinajstić information content (AvgIpc) is 3.07. The van der Waals surface area contributed by atoms with Gasteiger partial charge in [0, 0.05) is 12.1 Å². The Morgan fingerprint density at radius 1 is 1.14 bits per heavy atom. The fourth-order valence-electron chi connectivity index (χ4n) is 4.89. The molecule has 218 valence electrons. The van der Waals surface area contributed by atoms with Crippen molar-refractivity contribution >= 4 is 46.4 Å². The van der Waals surface area contributed by atoms with Crippen LogP contribution in [-0.2, 0) is 14.4 Å². The molecule has 3 aromatic carbocycles. The second-order valence-electron chi connectivity index (χ2n) is 9.66. The predicted octanol–water partition coefficient (Wildman–Crippen LogP) is 5.15. The van der Waals surface area contributed by atoms with Crippen LogP contribution < -0.4 is 21.3 Å². The van der Waals surface area contributed by atoms with Crippen LogP contribution in [0.2, 0.25) is 5.02 Å². The second kappa shape index (κ2) is 12.5. The van der Waals surface area contributed by atoms with Gasteiger partial charge in [0.15, 0.2) is 0 Å². The van der Waals surface area contributed by atoms with Crippen LogP contribution in [0.15, 0.2) is 66.7 Å². The first kappa shape index (κ1) is 30.3. The molecule has 0 saturated heterocycles. The number of carbonyl (C=O) groups is 3. The standard InChI is InChI=1S/C29H24ClF4N5O3/c30-21-7-4-8-23-25(21)38-28(42)22(15-39(23)19-12-16(14-35)11-18(31)13-19)37-27(41)20(9-10-29(32,33)34)24(26(36)40)17-5-2-1-3-6-17/h1-8,11-13,20,22,24H,9-10,15H2,(H2,36,40)(H,37,41)(H,38,42)/t20?,22-,24?/m0/s1. The molecule has 2 unspecified atom stereocenters. The number of carbonyl (C=O) groups excluding carboxylic acids is 3. The van der Waals surface area contributed by atoms with E-state index in [0.717, 1.165) is 12.1 Å². The summed E-state index contributed by atoms with van der Waals surface area (Å²) in [4.78, 5) is 40.9. The van der Waals surface area contributed by atoms with Crippen LogP contribution in [0.4, 0.5) is 34.6 Å². The molecule has 4 N–H and O–H groups in total. The van der Waals surface area contributed by atoms with Gasteiger partial charge in [0.05, 0.1) is 46.4 Å². The number of alkyl halides is 3. The number of nitrogens with two attached hydrogens (primary N) is 1. The minimum atomic E-state index is -4.64. The van der Waals surface area contributed by atoms with E-state index in [9.17, 15) is 37.2 Å². The number of rotatable bonds is 8. The Labute approximate surface area is 243 Å². The van der Waals surface area contributed by atoms with Crippen LogP contribution in [0.3, 0.4) is 0 Å². The average molecular weight is 602 g/mol. The molecule has 8 nitrogen and oxygen atoms in total. The van der Waals surface area contributed by atoms with Gasteiger partial charge in [-0.15, -0.1) is 0 Å². The highest BCUT2D eigenvalue weighted by Gasteiger charge is 2.40. The van der Waals surface area contributed by atoms with E-state index in [1.807, 2.05) is 6.07 Å². The van der Waals surface area contributed by atoms with Gasteiger partial charge in [-0.2, -0.15) is 18.4 Å². The number of fused-ring (bicyclic) bond motifs is 1. The SMILES string of the molecule is N#Cc1cc(F)cc(N2C[C@H](NC(=O)C(CCC(F)(F)F)C(C(N)=O)c3ccccc3)C(=O)Nc3c(Cl)cccc32)c1. The molecule has 0 aliphatic carbocycles. The lowest BCUT2D eigenvalue weighted by atomic mass is 9.81. The van der Waals surface area contributed by atoms with Gasteiger partial charge in [-0.3, -0.25) is 14.4 Å². The topological polar surface area (TPSA) is 128 Å². The minimum absolute atomic E-state index is 0.0166. The summed E-state index contributed by atoms with van der Waals surface area (Å²) in [7, 11) is 0. The van der Waals surface area contributed by atoms with Crippen LogP contribution in [-0.4, -0.2) is 36.5 Å². The van der Waals surface area contributed by atoms with Crippen LogP contribution in [0, 0.1) is 23.1 Å². The number of hydrogen-bond donors (Lipinski definition) is 3. The number of benzene rings is 3. The van der Waals surface area contributed by atoms with Gasteiger partial charge in [0.25, 0.3) is 0 Å². The first-order valence-corrected chi connectivity index (χ1v) is 13.0. The molecule has 0 bridgehead atoms. The van der Waals surface area contributed by atoms with E-state index in [2.05, 4.69) is 10.6 Å². The van der Waals surface area contributed by atoms with Crippen molar-refractivity contribution in [1.29, 1.82) is 5.26 Å². The number of halogens is 5. The van der Waals surface area contributed by atoms with Crippen LogP contribution in [0.25, 0.3) is 0 Å². The lowest BCUT2D eigenvalue weighted by Crippen LogP contribution is -2.51. The van der Waals surface area contributed by atoms with Crippen molar-refractivity contribution in [3.63, 3.8) is 0 Å². The molecule has 1 heterocycles. The fourth-order valence-corrected chi connectivity index (χ4v) is 5.10. The summed E-state index contributed by atoms with van der Waals surface area (Å²) in [5.74, 6) is -6.54. The van der Waals surface area contributed by atoms with Gasteiger partial charge >= 0.3 is 6.18 Å². The van der Waals surface area contributed by atoms with Crippen LogP contribution >= 0.6 is 11.6 Å². The molecule has 4 rings (SSSR count). The first-order chi connectivity index (χ1) is 19.9. The minimum Gasteiger partial charge on any atom is -0.369 e. The highest BCUT2D eigenvalue weighted by atomic mass is 35.5. The maximum absolute atomic E-state index is 14.4. The number of hydrogen-bond acceptors (Lipinski definition) is 5. The summed E-state index contributed by atoms with van der Waals surface area (Å²) in [5, 5.41) is 14.6. The summed E-state index contributed by atoms with van der Waals surface area (Å²) < 4.78 is 54.2. The van der Waals surface area contributed by atoms with Crippen molar-refractivity contribution in [2.24, 2.45) is 11.7 Å². The summed E-state index contributed by atoms with van der Waals surface area (Å²) in [6.07, 6.45) is -6.80. The molecular formula is C29H24ClF4N5O3. The third-order valence-electron chi connectivity index (χ3n) is 6.80. The summed E-state index contributed by atoms with van der Waals surface area (Å²) in [6.45, 7) is -0.322. The van der Waals surface area contributed by atoms with Gasteiger partial charge in [-0.25, -0.2) is 4.39 Å². The molecule has 0 saturated carbocycles. The highest BCUT2D eigenvalue weighted by molar-refractivity contribution is 6.34. The molecule has 0 radical (unpaired) electrons. The number of amides is 3. The van der Waals surface area contributed by atoms with E-state index in [0.29, 0.717) is 5.69 Å². The predicted molar refractivity (Wildman–Crippen MR) is 147 cm³/mol. The summed E-state index contributed by atoms with van der Waals surface area (Å²) >= 11 is 6.34. The Bertz CT molecular complexity index is 1540. The third-order valence-corrected chi connectivity index (χ3v) is 7.11. The molecule has 3 atom stereocenters. The number of anilines is 3. The van der Waals surface area contributed by atoms with Gasteiger partial charge in [-0.1, -0.05) is 48.0 Å². The van der Waals surface area contributed by atoms with Gasteiger partial charge < -0.3 is 21.3 Å². The highest BCUT2D eigenvalue weighted by Crippen LogP contribution is 2.40. The number of para-hydroxylation sites is 1. The molecule has 3 amide bonds. The number of nitriles is 1. The third kappa shape index (κ3) is 6.98. The van der Waals surface area contributed by atoms with E-state index in [1.165, 1.54) is 29.2 Å². The molecule has 1 aliphatic heterocycles. The number of nitrogens with zero attached hydrogens (tertiary/aromatic N) is 2. The molecular weight excluding hydrogens is 578 g/mol. The Balaban J connectivity index is 1.73. The largest absolute Gasteiger partial charge is 0.389 e. The molecule has 3 aromatic rings. The zero-order chi connectivity index (χ0) is 30.6. The first-order valence-electron chi connectivity index (χ1n) is 12.7. The molecule has 0 spiro atoms. The van der Waals surface area contributed by atoms with Crippen molar-refractivity contribution < 1.29 is 31.9 Å². The zero-order valence-corrected chi connectivity index (χ0v) is 22.5. The van der Waals surface area contributed by atoms with E-state index in [1.54, 1.807) is 30.3 Å². The number of nitrogens with one attached hydrogen (secondary N) is 2. The van der Waals surface area contributed by atoms with Crippen molar-refractivity contribution in [2.75, 3.05) is 16.8 Å². The normalized spacial score (nSPS) is 16.3. The van der Waals surface area contributed by atoms with Gasteiger partial charge in [-0.05, 0) is 42.3 Å². The fraction of sp³-hybridized carbons (Fsp3) is 0.241. The Morgan fingerprint density at radius 2 is 1.86 bits per heavy atom. The van der Waals surface area contributed by atoms with Gasteiger partial charge in [0.1, 0.15) is 11.9 Å². The Hall–Kier alpha value is -4.63. The van der Waals surface area contributed by atoms with Crippen molar-refractivity contribution in [3.05, 3.63) is 88.7 Å². The lowest BCUT2D eigenvalue weighted by molar-refractivity contribution is -0.144. The van der Waals surface area contributed by atoms with E-state index in [-0.39, 0.29) is 34.1 Å². The molecule has 0 aromatic heterocycles. The van der Waals surface area contributed by atoms with Gasteiger partial charge in [0.2, 0.25) is 17.7 Å². The van der Waals surface area contributed by atoms with Crippen molar-refractivity contribution in [3.8, 4) is 6.07 Å². The van der Waals surface area contributed by atoms with Crippen LogP contribution in [0.1, 0.15) is 29.9 Å². The number of primary amides is 1. The summed E-state index contributed by atoms with van der Waals surface area (Å²) in [5.41, 5.74) is 6.41. The van der Waals surface area contributed by atoms with E-state index < -0.39 is 60.4 Å². The van der Waals surface area contributed by atoms with Crippen molar-refractivity contribution in [2.45, 2.75) is 31.0 Å². The van der Waals surface area contributed by atoms with Crippen LogP contribution in [0.5, 0.6) is 0 Å². The zero-order valence-electron chi connectivity index (χ0n) is 21.8. The maximum Gasteiger partial charge on any atom is 0.389 e. The summed E-state index contributed by atoms with van der Waals surface area (Å²) in [6, 6.07) is 16.3. The lowest BCUT2D eigenvalue weighted by Gasteiger charge is -2.29. The molecule has 1 aliphatic rings. The Morgan fingerprint density at radius 3 is 2.50 bits per heavy atom. The molecule has 13 heteroatoms. The Kier molecular flexibility index (Phi) is 9.02. The maximum atomic E-state index is 14.4. The molecule has 0 fully saturated rings. The van der Waals surface area contributed by atoms with Crippen molar-refractivity contribution in [1.82, 2.24) is 5.32 Å².